The average Bonchev–Trinajstić information content (AvgIpc) is 3.08. The Bertz CT molecular complexity index is 776. The van der Waals surface area contributed by atoms with Gasteiger partial charge in [-0.05, 0) is 12.1 Å². The lowest BCUT2D eigenvalue weighted by atomic mass is 10.2. The molecule has 0 radical (unpaired) electrons. The standard InChI is InChI=1S/C17H17ClN2O5/c18-12-4-2-1-3-11(12)14-9-19-15(25-14)5-6-16(21)20-7-8-24-10-13(20)17(22)23/h1-4,9,13H,5-8,10H2,(H,22,23)/t13-/m1/s1. The lowest BCUT2D eigenvalue weighted by Gasteiger charge is -2.32. The van der Waals surface area contributed by atoms with Crippen LogP contribution in [-0.2, 0) is 20.7 Å². The van der Waals surface area contributed by atoms with Gasteiger partial charge in [0, 0.05) is 24.9 Å². The van der Waals surface area contributed by atoms with Crippen LogP contribution in [0.3, 0.4) is 0 Å². The van der Waals surface area contributed by atoms with E-state index in [1.165, 1.54) is 4.90 Å². The molecule has 1 amide bonds. The van der Waals surface area contributed by atoms with E-state index < -0.39 is 12.0 Å². The molecule has 1 N–H and O–H groups in total. The summed E-state index contributed by atoms with van der Waals surface area (Å²) >= 11 is 6.13. The monoisotopic (exact) mass is 364 g/mol. The van der Waals surface area contributed by atoms with Crippen molar-refractivity contribution in [3.8, 4) is 11.3 Å². The zero-order valence-electron chi connectivity index (χ0n) is 13.4. The highest BCUT2D eigenvalue weighted by atomic mass is 35.5. The topological polar surface area (TPSA) is 92.9 Å². The molecule has 0 saturated carbocycles. The Kier molecular flexibility index (Phi) is 5.35. The first-order chi connectivity index (χ1) is 12.1. The van der Waals surface area contributed by atoms with E-state index >= 15 is 0 Å². The molecule has 1 aromatic carbocycles. The molecular formula is C17H17ClN2O5. The molecule has 1 aliphatic heterocycles. The van der Waals surface area contributed by atoms with Crippen LogP contribution in [0.1, 0.15) is 12.3 Å². The molecule has 132 valence electrons. The van der Waals surface area contributed by atoms with E-state index in [1.54, 1.807) is 12.3 Å². The van der Waals surface area contributed by atoms with Crippen molar-refractivity contribution in [1.82, 2.24) is 9.88 Å². The number of halogens is 1. The first kappa shape index (κ1) is 17.4. The SMILES string of the molecule is O=C(O)[C@H]1COCCN1C(=O)CCc1ncc(-c2ccccc2Cl)o1. The summed E-state index contributed by atoms with van der Waals surface area (Å²) in [4.78, 5) is 29.1. The lowest BCUT2D eigenvalue weighted by molar-refractivity contribution is -0.158. The van der Waals surface area contributed by atoms with Gasteiger partial charge in [0.25, 0.3) is 0 Å². The second kappa shape index (κ2) is 7.67. The van der Waals surface area contributed by atoms with E-state index in [4.69, 9.17) is 20.8 Å². The van der Waals surface area contributed by atoms with Crippen LogP contribution in [0.5, 0.6) is 0 Å². The van der Waals surface area contributed by atoms with E-state index in [-0.39, 0.29) is 31.9 Å². The summed E-state index contributed by atoms with van der Waals surface area (Å²) in [5.41, 5.74) is 0.730. The van der Waals surface area contributed by atoms with Crippen molar-refractivity contribution in [3.63, 3.8) is 0 Å². The Morgan fingerprint density at radius 2 is 2.16 bits per heavy atom. The number of carboxylic acid groups (broad SMARTS) is 1. The van der Waals surface area contributed by atoms with Gasteiger partial charge in [0.05, 0.1) is 24.4 Å². The average molecular weight is 365 g/mol. The number of carboxylic acids is 1. The number of oxazole rings is 1. The zero-order valence-corrected chi connectivity index (χ0v) is 14.1. The molecule has 3 rings (SSSR count). The number of morpholine rings is 1. The van der Waals surface area contributed by atoms with Gasteiger partial charge in [-0.15, -0.1) is 0 Å². The highest BCUT2D eigenvalue weighted by Gasteiger charge is 2.32. The van der Waals surface area contributed by atoms with Crippen LogP contribution in [0, 0.1) is 0 Å². The number of benzene rings is 1. The molecule has 25 heavy (non-hydrogen) atoms. The molecule has 1 aromatic heterocycles. The summed E-state index contributed by atoms with van der Waals surface area (Å²) in [5.74, 6) is -0.385. The number of aryl methyl sites for hydroxylation is 1. The van der Waals surface area contributed by atoms with Gasteiger partial charge in [-0.1, -0.05) is 23.7 Å². The van der Waals surface area contributed by atoms with Crippen molar-refractivity contribution < 1.29 is 23.8 Å². The summed E-state index contributed by atoms with van der Waals surface area (Å²) < 4.78 is 10.8. The molecule has 1 fully saturated rings. The van der Waals surface area contributed by atoms with Gasteiger partial charge in [0.1, 0.15) is 0 Å². The number of hydrogen-bond acceptors (Lipinski definition) is 5. The minimum atomic E-state index is -1.06. The van der Waals surface area contributed by atoms with Crippen molar-refractivity contribution in [1.29, 1.82) is 0 Å². The molecule has 2 heterocycles. The number of aliphatic carboxylic acids is 1. The van der Waals surface area contributed by atoms with Crippen LogP contribution in [0.25, 0.3) is 11.3 Å². The second-order valence-corrected chi connectivity index (χ2v) is 6.02. The first-order valence-electron chi connectivity index (χ1n) is 7.86. The van der Waals surface area contributed by atoms with E-state index in [0.717, 1.165) is 5.56 Å². The Morgan fingerprint density at radius 3 is 2.92 bits per heavy atom. The maximum absolute atomic E-state index is 12.3. The number of nitrogens with zero attached hydrogens (tertiary/aromatic N) is 2. The van der Waals surface area contributed by atoms with Crippen LogP contribution in [0.4, 0.5) is 0 Å². The molecule has 0 spiro atoms. The molecule has 1 atom stereocenters. The third-order valence-electron chi connectivity index (χ3n) is 3.98. The van der Waals surface area contributed by atoms with Crippen LogP contribution in [-0.4, -0.2) is 52.7 Å². The summed E-state index contributed by atoms with van der Waals surface area (Å²) in [6.07, 6.45) is 1.97. The maximum atomic E-state index is 12.3. The summed E-state index contributed by atoms with van der Waals surface area (Å²) in [7, 11) is 0. The van der Waals surface area contributed by atoms with Gasteiger partial charge in [-0.3, -0.25) is 4.79 Å². The predicted octanol–water partition coefficient (Wildman–Crippen LogP) is 2.24. The van der Waals surface area contributed by atoms with E-state index in [0.29, 0.717) is 23.3 Å². The molecule has 0 bridgehead atoms. The molecular weight excluding hydrogens is 348 g/mol. The Labute approximate surface area is 149 Å². The van der Waals surface area contributed by atoms with Gasteiger partial charge in [-0.25, -0.2) is 9.78 Å². The normalized spacial score (nSPS) is 17.5. The summed E-state index contributed by atoms with van der Waals surface area (Å²) in [6.45, 7) is 0.619. The highest BCUT2D eigenvalue weighted by Crippen LogP contribution is 2.28. The van der Waals surface area contributed by atoms with Crippen molar-refractivity contribution in [2.45, 2.75) is 18.9 Å². The van der Waals surface area contributed by atoms with Crippen LogP contribution >= 0.6 is 11.6 Å². The fourth-order valence-electron chi connectivity index (χ4n) is 2.68. The van der Waals surface area contributed by atoms with Gasteiger partial charge in [-0.2, -0.15) is 0 Å². The number of ether oxygens (including phenoxy) is 1. The number of amides is 1. The van der Waals surface area contributed by atoms with Gasteiger partial charge in [0.15, 0.2) is 17.7 Å². The van der Waals surface area contributed by atoms with Crippen molar-refractivity contribution in [2.24, 2.45) is 0 Å². The zero-order chi connectivity index (χ0) is 17.8. The van der Waals surface area contributed by atoms with Crippen molar-refractivity contribution >= 4 is 23.5 Å². The van der Waals surface area contributed by atoms with E-state index in [2.05, 4.69) is 4.98 Å². The number of aromatic nitrogens is 1. The largest absolute Gasteiger partial charge is 0.480 e. The maximum Gasteiger partial charge on any atom is 0.328 e. The minimum absolute atomic E-state index is 0.0106. The first-order valence-corrected chi connectivity index (χ1v) is 8.23. The smallest absolute Gasteiger partial charge is 0.328 e. The van der Waals surface area contributed by atoms with Crippen molar-refractivity contribution in [3.05, 3.63) is 41.4 Å². The molecule has 8 heteroatoms. The minimum Gasteiger partial charge on any atom is -0.480 e. The van der Waals surface area contributed by atoms with Crippen molar-refractivity contribution in [2.75, 3.05) is 19.8 Å². The summed E-state index contributed by atoms with van der Waals surface area (Å²) in [5, 5.41) is 9.74. The van der Waals surface area contributed by atoms with Gasteiger partial charge < -0.3 is 19.2 Å². The fraction of sp³-hybridized carbons (Fsp3) is 0.353. The van der Waals surface area contributed by atoms with Gasteiger partial charge in [0.2, 0.25) is 5.91 Å². The summed E-state index contributed by atoms with van der Waals surface area (Å²) in [6, 6.07) is 6.31. The molecule has 0 aliphatic carbocycles. The number of rotatable bonds is 5. The molecule has 1 saturated heterocycles. The van der Waals surface area contributed by atoms with Crippen LogP contribution in [0.2, 0.25) is 5.02 Å². The predicted molar refractivity (Wildman–Crippen MR) is 89.2 cm³/mol. The quantitative estimate of drug-likeness (QED) is 0.874. The van der Waals surface area contributed by atoms with E-state index in [1.807, 2.05) is 18.2 Å². The third-order valence-corrected chi connectivity index (χ3v) is 4.31. The Hall–Kier alpha value is -2.38. The third kappa shape index (κ3) is 4.00. The Morgan fingerprint density at radius 1 is 1.36 bits per heavy atom. The number of hydrogen-bond donors (Lipinski definition) is 1. The molecule has 7 nitrogen and oxygen atoms in total. The van der Waals surface area contributed by atoms with E-state index in [9.17, 15) is 14.7 Å². The lowest BCUT2D eigenvalue weighted by Crippen LogP contribution is -2.52. The molecule has 2 aromatic rings. The number of carbonyl (C=O) groups excluding carboxylic acids is 1. The fourth-order valence-corrected chi connectivity index (χ4v) is 2.90. The number of carbonyl (C=O) groups is 2. The van der Waals surface area contributed by atoms with Crippen LogP contribution in [0.15, 0.2) is 34.9 Å². The Balaban J connectivity index is 1.63. The second-order valence-electron chi connectivity index (χ2n) is 5.61. The molecule has 1 aliphatic rings. The van der Waals surface area contributed by atoms with Crippen LogP contribution < -0.4 is 0 Å². The highest BCUT2D eigenvalue weighted by molar-refractivity contribution is 6.33. The molecule has 0 unspecified atom stereocenters. The van der Waals surface area contributed by atoms with Gasteiger partial charge >= 0.3 is 5.97 Å².